The molecule has 20 heteroatoms. The molecule has 20 nitrogen and oxygen atoms in total. The van der Waals surface area contributed by atoms with Crippen LogP contribution in [0.3, 0.4) is 0 Å². The summed E-state index contributed by atoms with van der Waals surface area (Å²) in [5.41, 5.74) is 12.8. The maximum Gasteiger partial charge on any atom is 0.123 e. The van der Waals surface area contributed by atoms with Crippen molar-refractivity contribution < 1.29 is 59.8 Å². The maximum absolute atomic E-state index is 12.5. The van der Waals surface area contributed by atoms with Gasteiger partial charge in [0.25, 0.3) is 0 Å². The van der Waals surface area contributed by atoms with Crippen molar-refractivity contribution in [2.75, 3.05) is 26.4 Å². The Kier molecular flexibility index (Phi) is 31.7. The molecule has 8 bridgehead atoms. The quantitative estimate of drug-likeness (QED) is 0.0131. The average molecular weight is 1670 g/mol. The van der Waals surface area contributed by atoms with Gasteiger partial charge in [-0.15, -0.1) is 0 Å². The predicted molar refractivity (Wildman–Crippen MR) is 488 cm³/mol. The molecule has 0 heterocycles. The van der Waals surface area contributed by atoms with Crippen molar-refractivity contribution in [2.45, 2.75) is 180 Å². The fraction of sp³-hybridized carbons (Fsp3) is 0.308. The molecular formula is C104H112N8O12. The summed E-state index contributed by atoms with van der Waals surface area (Å²) < 4.78 is 25.7. The third kappa shape index (κ3) is 24.5. The summed E-state index contributed by atoms with van der Waals surface area (Å²) >= 11 is 0. The Morgan fingerprint density at radius 1 is 0.202 bits per heavy atom. The topological polar surface area (TPSA) is 298 Å². The standard InChI is InChI=1S/C104H112N8O12/c1-5-9-17-69-25-33-73(34-26-69)105-109-77-41-49-81(50-42-77)121-57-13-21-85-89-61-91(99(115)65-97(89)113)86(22-14-58-122-82-51-43-78(44-52-82)110-106-74-35-27-70(28-36-74)18-10-6-2)93-63-95(103(119)67-101(93)117)88(24-16-60-124-84-55-47-80(48-56-84)112-108-76-39-31-72(32-40-76)20-12-8-4)96-64-94(102(118)68-104(96)120)87(92-62-90(85)98(114)66-100(92)116)23-15-59-123-83-53-45-79(46-54-83)111-107-75-37-29-71(30-38-75)19-11-7-3/h25-56,61-68,85-88,113-120H,5-24,57-60H2,1-4H3. The number of azo groups is 4. The molecule has 0 amide bonds. The molecule has 0 saturated carbocycles. The van der Waals surface area contributed by atoms with Crippen molar-refractivity contribution >= 4 is 45.5 Å². The van der Waals surface area contributed by atoms with Crippen molar-refractivity contribution in [3.63, 3.8) is 0 Å². The Hall–Kier alpha value is -13.4. The molecule has 12 aromatic carbocycles. The number of fused-ring (bicyclic) bond motifs is 8. The van der Waals surface area contributed by atoms with Crippen molar-refractivity contribution in [2.24, 2.45) is 40.9 Å². The minimum Gasteiger partial charge on any atom is -0.508 e. The summed E-state index contributed by atoms with van der Waals surface area (Å²) in [4.78, 5) is 0. The third-order valence-corrected chi connectivity index (χ3v) is 22.8. The number of rotatable bonds is 40. The van der Waals surface area contributed by atoms with Crippen molar-refractivity contribution in [1.29, 1.82) is 0 Å². The zero-order valence-corrected chi connectivity index (χ0v) is 71.2. The van der Waals surface area contributed by atoms with Crippen LogP contribution in [0.15, 0.2) is 284 Å². The lowest BCUT2D eigenvalue weighted by Gasteiger charge is -2.29. The van der Waals surface area contributed by atoms with E-state index in [9.17, 15) is 40.9 Å². The second-order valence-corrected chi connectivity index (χ2v) is 31.9. The first-order chi connectivity index (χ1) is 60.5. The van der Waals surface area contributed by atoms with E-state index in [0.717, 1.165) is 99.8 Å². The van der Waals surface area contributed by atoms with Crippen LogP contribution in [0.25, 0.3) is 0 Å². The van der Waals surface area contributed by atoms with Gasteiger partial charge in [-0.25, -0.2) is 0 Å². The molecule has 640 valence electrons. The second-order valence-electron chi connectivity index (χ2n) is 31.9. The lowest BCUT2D eigenvalue weighted by molar-refractivity contribution is 0.301. The molecular weight excluding hydrogens is 1550 g/mol. The van der Waals surface area contributed by atoms with Gasteiger partial charge in [-0.1, -0.05) is 102 Å². The van der Waals surface area contributed by atoms with Crippen molar-refractivity contribution in [1.82, 2.24) is 0 Å². The molecule has 0 spiro atoms. The number of benzene rings is 12. The van der Waals surface area contributed by atoms with E-state index in [4.69, 9.17) is 18.9 Å². The summed E-state index contributed by atoms with van der Waals surface area (Å²) in [6.45, 7) is 9.38. The monoisotopic (exact) mass is 1660 g/mol. The largest absolute Gasteiger partial charge is 0.508 e. The second kappa shape index (κ2) is 44.4. The van der Waals surface area contributed by atoms with Crippen LogP contribution in [0.4, 0.5) is 45.5 Å². The van der Waals surface area contributed by atoms with Crippen LogP contribution in [-0.4, -0.2) is 67.3 Å². The first-order valence-electron chi connectivity index (χ1n) is 43.7. The molecule has 0 fully saturated rings. The molecule has 0 atom stereocenters. The molecule has 0 radical (unpaired) electrons. The van der Waals surface area contributed by atoms with Gasteiger partial charge in [-0.3, -0.25) is 0 Å². The number of ether oxygens (including phenoxy) is 4. The number of phenolic OH excluding ortho intramolecular Hbond substituents is 8. The highest BCUT2D eigenvalue weighted by molar-refractivity contribution is 5.63. The zero-order valence-electron chi connectivity index (χ0n) is 71.2. The smallest absolute Gasteiger partial charge is 0.123 e. The van der Waals surface area contributed by atoms with Crippen LogP contribution in [0, 0.1) is 0 Å². The normalized spacial score (nSPS) is 14.5. The fourth-order valence-corrected chi connectivity index (χ4v) is 15.8. The van der Waals surface area contributed by atoms with Crippen LogP contribution < -0.4 is 18.9 Å². The molecule has 8 N–H and O–H groups in total. The van der Waals surface area contributed by atoms with Gasteiger partial charge in [0, 0.05) is 92.4 Å². The molecule has 0 unspecified atom stereocenters. The van der Waals surface area contributed by atoms with E-state index in [0.29, 0.717) is 116 Å². The third-order valence-electron chi connectivity index (χ3n) is 22.8. The lowest BCUT2D eigenvalue weighted by atomic mass is 9.76. The predicted octanol–water partition coefficient (Wildman–Crippen LogP) is 28.6. The maximum atomic E-state index is 12.5. The van der Waals surface area contributed by atoms with Gasteiger partial charge in [0.05, 0.1) is 71.9 Å². The highest BCUT2D eigenvalue weighted by Gasteiger charge is 2.34. The highest BCUT2D eigenvalue weighted by atomic mass is 16.5. The Labute approximate surface area is 726 Å². The highest BCUT2D eigenvalue weighted by Crippen LogP contribution is 2.53. The molecule has 13 rings (SSSR count). The number of nitrogens with zero attached hydrogens (tertiary/aromatic N) is 8. The van der Waals surface area contributed by atoms with Crippen LogP contribution in [0.2, 0.25) is 0 Å². The number of hydrogen-bond donors (Lipinski definition) is 8. The molecule has 0 saturated heterocycles. The first kappa shape index (κ1) is 88.4. The van der Waals surface area contributed by atoms with E-state index in [1.807, 2.05) is 146 Å². The number of unbranched alkanes of at least 4 members (excludes halogenated alkanes) is 4. The van der Waals surface area contributed by atoms with E-state index in [1.165, 1.54) is 46.5 Å². The number of hydrogen-bond acceptors (Lipinski definition) is 20. The van der Waals surface area contributed by atoms with E-state index in [-0.39, 0.29) is 98.1 Å². The minimum atomic E-state index is -0.893. The summed E-state index contributed by atoms with van der Waals surface area (Å²) in [6, 6.07) is 73.3. The van der Waals surface area contributed by atoms with Gasteiger partial charge in [0.1, 0.15) is 69.0 Å². The SMILES string of the molecule is CCCCc1ccc(N=Nc2ccc(OCCCC3c4cc(c(O)cc4O)C(CCCOc4ccc(N=Nc5ccc(CCCC)cc5)cc4)c4cc(c(O)cc4O)C(CCCOc4ccc(N=Nc5ccc(CCCC)cc5)cc4)c4cc(c(O)cc4O)C(CCCOc4ccc(N=Nc5ccc(CCCC)cc5)cc4)c4cc3c(O)cc4O)cc2)cc1. The minimum absolute atomic E-state index is 0.170. The van der Waals surface area contributed by atoms with Crippen LogP contribution in [-0.2, 0) is 25.7 Å². The van der Waals surface area contributed by atoms with Gasteiger partial charge in [-0.05, 0) is 295 Å². The Balaban J connectivity index is 0.838. The van der Waals surface area contributed by atoms with E-state index >= 15 is 0 Å². The van der Waals surface area contributed by atoms with Gasteiger partial charge in [0.15, 0.2) is 0 Å². The summed E-state index contributed by atoms with van der Waals surface area (Å²) in [5, 5.41) is 136. The molecule has 124 heavy (non-hydrogen) atoms. The first-order valence-corrected chi connectivity index (χ1v) is 43.7. The van der Waals surface area contributed by atoms with Gasteiger partial charge >= 0.3 is 0 Å². The lowest BCUT2D eigenvalue weighted by Crippen LogP contribution is -2.13. The Bertz CT molecular complexity index is 4760. The average Bonchev–Trinajstić information content (AvgIpc) is 0.753. The van der Waals surface area contributed by atoms with Gasteiger partial charge in [0.2, 0.25) is 0 Å². The Morgan fingerprint density at radius 2 is 0.355 bits per heavy atom. The van der Waals surface area contributed by atoms with Crippen molar-refractivity contribution in [3.05, 3.63) is 309 Å². The number of aryl methyl sites for hydroxylation is 4. The van der Waals surface area contributed by atoms with Gasteiger partial charge < -0.3 is 59.8 Å². The van der Waals surface area contributed by atoms with Crippen molar-refractivity contribution in [3.8, 4) is 69.0 Å². The number of phenols is 8. The fourth-order valence-electron chi connectivity index (χ4n) is 15.8. The van der Waals surface area contributed by atoms with E-state index < -0.39 is 23.7 Å². The molecule has 0 aliphatic heterocycles. The summed E-state index contributed by atoms with van der Waals surface area (Å²) in [6.07, 6.45) is 15.2. The Morgan fingerprint density at radius 3 is 0.508 bits per heavy atom. The zero-order chi connectivity index (χ0) is 86.5. The van der Waals surface area contributed by atoms with Crippen LogP contribution in [0.1, 0.15) is 221 Å². The van der Waals surface area contributed by atoms with Crippen LogP contribution >= 0.6 is 0 Å². The molecule has 12 aromatic rings. The van der Waals surface area contributed by atoms with Gasteiger partial charge in [-0.2, -0.15) is 40.9 Å². The van der Waals surface area contributed by atoms with E-state index in [1.54, 1.807) is 24.3 Å². The molecule has 1 aliphatic rings. The van der Waals surface area contributed by atoms with Crippen LogP contribution in [0.5, 0.6) is 69.0 Å². The van der Waals surface area contributed by atoms with E-state index in [2.05, 4.69) is 117 Å². The molecule has 0 aromatic heterocycles. The molecule has 1 aliphatic carbocycles. The number of aromatic hydroxyl groups is 8. The summed E-state index contributed by atoms with van der Waals surface area (Å²) in [7, 11) is 0. The summed E-state index contributed by atoms with van der Waals surface area (Å²) in [5.74, 6) is -3.75.